The molecule has 2 nitrogen and oxygen atoms in total. The van der Waals surface area contributed by atoms with Gasteiger partial charge in [0.25, 0.3) is 0 Å². The van der Waals surface area contributed by atoms with E-state index >= 15 is 0 Å². The third-order valence-corrected chi connectivity index (χ3v) is 2.61. The molecule has 0 aliphatic heterocycles. The molecule has 0 bridgehead atoms. The van der Waals surface area contributed by atoms with Crippen LogP contribution in [0.5, 0.6) is 0 Å². The van der Waals surface area contributed by atoms with E-state index in [0.717, 1.165) is 24.8 Å². The van der Waals surface area contributed by atoms with E-state index in [1.807, 2.05) is 31.2 Å². The van der Waals surface area contributed by atoms with E-state index in [-0.39, 0.29) is 12.2 Å². The predicted molar refractivity (Wildman–Crippen MR) is 62.7 cm³/mol. The Morgan fingerprint density at radius 2 is 2.33 bits per heavy atom. The van der Waals surface area contributed by atoms with Gasteiger partial charge in [-0.25, -0.2) is 0 Å². The van der Waals surface area contributed by atoms with Crippen LogP contribution in [0.2, 0.25) is 0 Å². The fraction of sp³-hybridized carbons (Fsp3) is 0.538. The maximum absolute atomic E-state index is 9.34. The van der Waals surface area contributed by atoms with Crippen molar-refractivity contribution in [3.63, 3.8) is 0 Å². The van der Waals surface area contributed by atoms with Crippen LogP contribution >= 0.6 is 0 Å². The van der Waals surface area contributed by atoms with Gasteiger partial charge >= 0.3 is 0 Å². The second-order valence-corrected chi connectivity index (χ2v) is 3.87. The van der Waals surface area contributed by atoms with E-state index in [0.29, 0.717) is 6.61 Å². The van der Waals surface area contributed by atoms with Crippen LogP contribution in [-0.2, 0) is 4.74 Å². The lowest BCUT2D eigenvalue weighted by Gasteiger charge is -2.11. The number of aliphatic hydroxyl groups excluding tert-OH is 1. The lowest BCUT2D eigenvalue weighted by atomic mass is 10.2. The molecule has 0 aromatic rings. The number of hydrogen-bond acceptors (Lipinski definition) is 2. The lowest BCUT2D eigenvalue weighted by Crippen LogP contribution is -2.11. The van der Waals surface area contributed by atoms with Gasteiger partial charge < -0.3 is 9.84 Å². The van der Waals surface area contributed by atoms with Crippen molar-refractivity contribution in [2.24, 2.45) is 0 Å². The molecule has 1 saturated carbocycles. The van der Waals surface area contributed by atoms with Gasteiger partial charge in [-0.05, 0) is 31.8 Å². The van der Waals surface area contributed by atoms with Crippen LogP contribution in [-0.4, -0.2) is 23.9 Å². The zero-order valence-electron chi connectivity index (χ0n) is 9.36. The van der Waals surface area contributed by atoms with Crippen molar-refractivity contribution in [3.05, 3.63) is 36.5 Å². The Bertz CT molecular complexity index is 253. The van der Waals surface area contributed by atoms with Gasteiger partial charge in [0.2, 0.25) is 0 Å². The summed E-state index contributed by atoms with van der Waals surface area (Å²) in [5, 5.41) is 9.34. The Kier molecular flexibility index (Phi) is 5.37. The molecule has 1 aliphatic rings. The maximum atomic E-state index is 9.34. The third kappa shape index (κ3) is 4.45. The molecular formula is C13H20O2. The molecule has 0 spiro atoms. The minimum absolute atomic E-state index is 0.165. The summed E-state index contributed by atoms with van der Waals surface area (Å²) in [7, 11) is 0. The number of ether oxygens (including phenoxy) is 1. The quantitative estimate of drug-likeness (QED) is 0.704. The highest BCUT2D eigenvalue weighted by molar-refractivity contribution is 5.22. The third-order valence-electron chi connectivity index (χ3n) is 2.61. The molecule has 0 aromatic carbocycles. The smallest absolute Gasteiger partial charge is 0.0720 e. The van der Waals surface area contributed by atoms with Gasteiger partial charge in [0.1, 0.15) is 0 Å². The first-order valence-corrected chi connectivity index (χ1v) is 5.50. The molecular weight excluding hydrogens is 188 g/mol. The van der Waals surface area contributed by atoms with Crippen LogP contribution in [0.15, 0.2) is 36.5 Å². The van der Waals surface area contributed by atoms with Crippen LogP contribution in [0.1, 0.15) is 26.2 Å². The van der Waals surface area contributed by atoms with Crippen molar-refractivity contribution < 1.29 is 9.84 Å². The zero-order chi connectivity index (χ0) is 11.1. The van der Waals surface area contributed by atoms with Crippen LogP contribution in [0.25, 0.3) is 0 Å². The lowest BCUT2D eigenvalue weighted by molar-refractivity contribution is 0.0632. The number of hydrogen-bond donors (Lipinski definition) is 1. The summed E-state index contributed by atoms with van der Waals surface area (Å²) in [6.45, 7) is 6.31. The average molecular weight is 208 g/mol. The first-order valence-electron chi connectivity index (χ1n) is 5.50. The van der Waals surface area contributed by atoms with Gasteiger partial charge in [-0.15, -0.1) is 0 Å². The molecule has 1 aliphatic carbocycles. The molecule has 15 heavy (non-hydrogen) atoms. The second-order valence-electron chi connectivity index (χ2n) is 3.87. The van der Waals surface area contributed by atoms with Crippen LogP contribution in [0.4, 0.5) is 0 Å². The Balaban J connectivity index is 2.31. The SMILES string of the molecule is C=C/C(=C\C=C/C)COC1CCC(O)C1. The molecule has 84 valence electrons. The summed E-state index contributed by atoms with van der Waals surface area (Å²) in [6.07, 6.45) is 10.4. The molecule has 1 N–H and O–H groups in total. The second kappa shape index (κ2) is 6.59. The molecule has 0 heterocycles. The average Bonchev–Trinajstić information content (AvgIpc) is 2.65. The van der Waals surface area contributed by atoms with Crippen molar-refractivity contribution in [1.82, 2.24) is 0 Å². The van der Waals surface area contributed by atoms with E-state index in [2.05, 4.69) is 6.58 Å². The fourth-order valence-electron chi connectivity index (χ4n) is 1.68. The molecule has 1 rings (SSSR count). The standard InChI is InChI=1S/C13H20O2/c1-3-5-6-11(4-2)10-15-13-8-7-12(14)9-13/h3-6,12-14H,2,7-10H2,1H3/b5-3-,11-6+. The van der Waals surface area contributed by atoms with Crippen molar-refractivity contribution in [2.75, 3.05) is 6.61 Å². The van der Waals surface area contributed by atoms with Crippen LogP contribution in [0, 0.1) is 0 Å². The predicted octanol–water partition coefficient (Wildman–Crippen LogP) is 2.60. The molecule has 2 atom stereocenters. The zero-order valence-corrected chi connectivity index (χ0v) is 9.36. The van der Waals surface area contributed by atoms with Crippen molar-refractivity contribution in [2.45, 2.75) is 38.4 Å². The minimum atomic E-state index is -0.165. The normalized spacial score (nSPS) is 27.5. The summed E-state index contributed by atoms with van der Waals surface area (Å²) in [5.74, 6) is 0. The Morgan fingerprint density at radius 3 is 2.87 bits per heavy atom. The number of rotatable bonds is 5. The minimum Gasteiger partial charge on any atom is -0.393 e. The van der Waals surface area contributed by atoms with Gasteiger partial charge in [-0.3, -0.25) is 0 Å². The summed E-state index contributed by atoms with van der Waals surface area (Å²) in [6, 6.07) is 0. The highest BCUT2D eigenvalue weighted by Crippen LogP contribution is 2.22. The van der Waals surface area contributed by atoms with E-state index in [9.17, 15) is 5.11 Å². The van der Waals surface area contributed by atoms with E-state index in [1.165, 1.54) is 0 Å². The molecule has 0 aromatic heterocycles. The molecule has 0 amide bonds. The highest BCUT2D eigenvalue weighted by atomic mass is 16.5. The first kappa shape index (κ1) is 12.2. The Labute approximate surface area is 92.0 Å². The highest BCUT2D eigenvalue weighted by Gasteiger charge is 2.23. The van der Waals surface area contributed by atoms with Gasteiger partial charge in [0, 0.05) is 0 Å². The summed E-state index contributed by atoms with van der Waals surface area (Å²) < 4.78 is 5.69. The number of allylic oxidation sites excluding steroid dienone is 3. The number of aliphatic hydroxyl groups is 1. The molecule has 2 heteroatoms. The molecule has 0 radical (unpaired) electrons. The van der Waals surface area contributed by atoms with Gasteiger partial charge in [-0.2, -0.15) is 0 Å². The van der Waals surface area contributed by atoms with Crippen LogP contribution in [0.3, 0.4) is 0 Å². The van der Waals surface area contributed by atoms with Crippen molar-refractivity contribution in [3.8, 4) is 0 Å². The van der Waals surface area contributed by atoms with Gasteiger partial charge in [0.05, 0.1) is 18.8 Å². The monoisotopic (exact) mass is 208 g/mol. The fourth-order valence-corrected chi connectivity index (χ4v) is 1.68. The summed E-state index contributed by atoms with van der Waals surface area (Å²) in [4.78, 5) is 0. The maximum Gasteiger partial charge on any atom is 0.0720 e. The first-order chi connectivity index (χ1) is 7.26. The van der Waals surface area contributed by atoms with Crippen LogP contribution < -0.4 is 0 Å². The molecule has 0 saturated heterocycles. The van der Waals surface area contributed by atoms with Gasteiger partial charge in [0.15, 0.2) is 0 Å². The Hall–Kier alpha value is -0.860. The largest absolute Gasteiger partial charge is 0.393 e. The molecule has 2 unspecified atom stereocenters. The summed E-state index contributed by atoms with van der Waals surface area (Å²) >= 11 is 0. The van der Waals surface area contributed by atoms with E-state index < -0.39 is 0 Å². The summed E-state index contributed by atoms with van der Waals surface area (Å²) in [5.41, 5.74) is 1.08. The molecule has 1 fully saturated rings. The van der Waals surface area contributed by atoms with Gasteiger partial charge in [-0.1, -0.05) is 30.9 Å². The van der Waals surface area contributed by atoms with E-state index in [1.54, 1.807) is 0 Å². The van der Waals surface area contributed by atoms with E-state index in [4.69, 9.17) is 4.74 Å². The topological polar surface area (TPSA) is 29.5 Å². The van der Waals surface area contributed by atoms with Crippen molar-refractivity contribution in [1.29, 1.82) is 0 Å². The Morgan fingerprint density at radius 1 is 1.53 bits per heavy atom. The van der Waals surface area contributed by atoms with Crippen molar-refractivity contribution >= 4 is 0 Å².